The SMILES string of the molecule is CNC(C)Cc1noc(-c2ccc(CN3CCCC3)cc2)n1.Cl. The van der Waals surface area contributed by atoms with Gasteiger partial charge in [0.25, 0.3) is 5.89 Å². The number of halogens is 1. The quantitative estimate of drug-likeness (QED) is 0.879. The summed E-state index contributed by atoms with van der Waals surface area (Å²) in [6.07, 6.45) is 3.43. The number of nitrogens with one attached hydrogen (secondary N) is 1. The minimum atomic E-state index is 0. The topological polar surface area (TPSA) is 54.2 Å². The van der Waals surface area contributed by atoms with Crippen LogP contribution in [-0.4, -0.2) is 41.2 Å². The largest absolute Gasteiger partial charge is 0.334 e. The summed E-state index contributed by atoms with van der Waals surface area (Å²) in [5.74, 6) is 1.35. The van der Waals surface area contributed by atoms with E-state index >= 15 is 0 Å². The summed E-state index contributed by atoms with van der Waals surface area (Å²) in [5.41, 5.74) is 2.33. The fraction of sp³-hybridized carbons (Fsp3) is 0.529. The molecule has 2 aromatic rings. The van der Waals surface area contributed by atoms with E-state index in [0.29, 0.717) is 11.9 Å². The van der Waals surface area contributed by atoms with Gasteiger partial charge >= 0.3 is 0 Å². The number of likely N-dealkylation sites (tertiary alicyclic amines) is 1. The Balaban J connectivity index is 0.00000192. The van der Waals surface area contributed by atoms with Crippen LogP contribution in [0.1, 0.15) is 31.2 Å². The minimum Gasteiger partial charge on any atom is -0.334 e. The fourth-order valence-corrected chi connectivity index (χ4v) is 2.78. The summed E-state index contributed by atoms with van der Waals surface area (Å²) < 4.78 is 5.37. The van der Waals surface area contributed by atoms with Crippen molar-refractivity contribution >= 4 is 12.4 Å². The van der Waals surface area contributed by atoms with Crippen LogP contribution in [0.15, 0.2) is 28.8 Å². The van der Waals surface area contributed by atoms with E-state index in [2.05, 4.69) is 51.5 Å². The first-order valence-electron chi connectivity index (χ1n) is 8.06. The zero-order valence-electron chi connectivity index (χ0n) is 13.8. The molecule has 2 heterocycles. The molecule has 23 heavy (non-hydrogen) atoms. The highest BCUT2D eigenvalue weighted by molar-refractivity contribution is 5.85. The fourth-order valence-electron chi connectivity index (χ4n) is 2.78. The third kappa shape index (κ3) is 4.77. The van der Waals surface area contributed by atoms with Crippen molar-refractivity contribution in [3.63, 3.8) is 0 Å². The molecular formula is C17H25ClN4O. The van der Waals surface area contributed by atoms with Gasteiger partial charge in [-0.1, -0.05) is 17.3 Å². The number of rotatable bonds is 6. The lowest BCUT2D eigenvalue weighted by Crippen LogP contribution is -2.24. The van der Waals surface area contributed by atoms with Crippen molar-refractivity contribution in [3.05, 3.63) is 35.7 Å². The average Bonchev–Trinajstić information content (AvgIpc) is 3.20. The van der Waals surface area contributed by atoms with Gasteiger partial charge < -0.3 is 9.84 Å². The van der Waals surface area contributed by atoms with E-state index in [1.165, 1.54) is 31.5 Å². The maximum atomic E-state index is 5.37. The Kier molecular flexibility index (Phi) is 6.57. The third-order valence-corrected chi connectivity index (χ3v) is 4.26. The van der Waals surface area contributed by atoms with Gasteiger partial charge in [-0.25, -0.2) is 0 Å². The van der Waals surface area contributed by atoms with Crippen LogP contribution in [0, 0.1) is 0 Å². The van der Waals surface area contributed by atoms with E-state index in [1.54, 1.807) is 0 Å². The number of aromatic nitrogens is 2. The Morgan fingerprint density at radius 2 is 1.91 bits per heavy atom. The lowest BCUT2D eigenvalue weighted by Gasteiger charge is -2.14. The maximum absolute atomic E-state index is 5.37. The summed E-state index contributed by atoms with van der Waals surface area (Å²) >= 11 is 0. The zero-order chi connectivity index (χ0) is 15.4. The van der Waals surface area contributed by atoms with Crippen LogP contribution in [0.25, 0.3) is 11.5 Å². The van der Waals surface area contributed by atoms with E-state index in [9.17, 15) is 0 Å². The summed E-state index contributed by atoms with van der Waals surface area (Å²) in [6.45, 7) is 5.58. The second-order valence-corrected chi connectivity index (χ2v) is 6.09. The van der Waals surface area contributed by atoms with Gasteiger partial charge in [0.05, 0.1) is 0 Å². The van der Waals surface area contributed by atoms with Crippen molar-refractivity contribution in [1.82, 2.24) is 20.4 Å². The van der Waals surface area contributed by atoms with Crippen LogP contribution < -0.4 is 5.32 Å². The van der Waals surface area contributed by atoms with Crippen LogP contribution in [0.2, 0.25) is 0 Å². The van der Waals surface area contributed by atoms with Crippen LogP contribution in [0.4, 0.5) is 0 Å². The van der Waals surface area contributed by atoms with E-state index in [-0.39, 0.29) is 12.4 Å². The van der Waals surface area contributed by atoms with E-state index < -0.39 is 0 Å². The Hall–Kier alpha value is -1.43. The molecule has 1 aliphatic heterocycles. The minimum absolute atomic E-state index is 0. The third-order valence-electron chi connectivity index (χ3n) is 4.26. The van der Waals surface area contributed by atoms with Crippen molar-refractivity contribution < 1.29 is 4.52 Å². The second kappa shape index (κ2) is 8.43. The average molecular weight is 337 g/mol. The molecule has 1 saturated heterocycles. The molecule has 0 spiro atoms. The molecule has 1 aromatic heterocycles. The molecule has 126 valence electrons. The first kappa shape index (κ1) is 17.9. The summed E-state index contributed by atoms with van der Waals surface area (Å²) in [4.78, 5) is 6.97. The van der Waals surface area contributed by atoms with Crippen LogP contribution in [0.5, 0.6) is 0 Å². The molecule has 1 aliphatic rings. The molecule has 0 saturated carbocycles. The number of nitrogens with zero attached hydrogens (tertiary/aromatic N) is 3. The number of hydrogen-bond donors (Lipinski definition) is 1. The van der Waals surface area contributed by atoms with Crippen LogP contribution in [-0.2, 0) is 13.0 Å². The van der Waals surface area contributed by atoms with Gasteiger partial charge in [0.2, 0.25) is 0 Å². The molecule has 5 nitrogen and oxygen atoms in total. The van der Waals surface area contributed by atoms with E-state index in [0.717, 1.165) is 24.4 Å². The molecular weight excluding hydrogens is 312 g/mol. The lowest BCUT2D eigenvalue weighted by atomic mass is 10.1. The van der Waals surface area contributed by atoms with Gasteiger partial charge in [-0.3, -0.25) is 4.90 Å². The van der Waals surface area contributed by atoms with Gasteiger partial charge in [-0.15, -0.1) is 12.4 Å². The Labute approximate surface area is 143 Å². The van der Waals surface area contributed by atoms with Gasteiger partial charge in [-0.2, -0.15) is 4.98 Å². The van der Waals surface area contributed by atoms with Crippen molar-refractivity contribution in [2.45, 2.75) is 38.8 Å². The first-order valence-corrected chi connectivity index (χ1v) is 8.06. The van der Waals surface area contributed by atoms with Crippen molar-refractivity contribution in [2.75, 3.05) is 20.1 Å². The Morgan fingerprint density at radius 3 is 2.57 bits per heavy atom. The number of benzene rings is 1. The highest BCUT2D eigenvalue weighted by atomic mass is 35.5. The molecule has 0 amide bonds. The predicted molar refractivity (Wildman–Crippen MR) is 93.7 cm³/mol. The predicted octanol–water partition coefficient (Wildman–Crippen LogP) is 2.90. The normalized spacial score (nSPS) is 16.3. The van der Waals surface area contributed by atoms with Crippen molar-refractivity contribution in [2.24, 2.45) is 0 Å². The van der Waals surface area contributed by atoms with Crippen molar-refractivity contribution in [3.8, 4) is 11.5 Å². The summed E-state index contributed by atoms with van der Waals surface area (Å²) in [6, 6.07) is 8.81. The highest BCUT2D eigenvalue weighted by Gasteiger charge is 2.13. The Morgan fingerprint density at radius 1 is 1.22 bits per heavy atom. The van der Waals surface area contributed by atoms with Gasteiger partial charge in [0.15, 0.2) is 5.82 Å². The number of hydrogen-bond acceptors (Lipinski definition) is 5. The second-order valence-electron chi connectivity index (χ2n) is 6.09. The monoisotopic (exact) mass is 336 g/mol. The lowest BCUT2D eigenvalue weighted by molar-refractivity contribution is 0.331. The van der Waals surface area contributed by atoms with Gasteiger partial charge in [0.1, 0.15) is 0 Å². The highest BCUT2D eigenvalue weighted by Crippen LogP contribution is 2.20. The summed E-state index contributed by atoms with van der Waals surface area (Å²) in [5, 5.41) is 7.23. The molecule has 3 rings (SSSR count). The molecule has 1 atom stereocenters. The van der Waals surface area contributed by atoms with Gasteiger partial charge in [0, 0.05) is 24.6 Å². The van der Waals surface area contributed by atoms with Crippen LogP contribution in [0.3, 0.4) is 0 Å². The molecule has 1 aromatic carbocycles. The van der Waals surface area contributed by atoms with E-state index in [4.69, 9.17) is 4.52 Å². The molecule has 6 heteroatoms. The molecule has 1 unspecified atom stereocenters. The zero-order valence-corrected chi connectivity index (χ0v) is 14.6. The van der Waals surface area contributed by atoms with E-state index in [1.807, 2.05) is 7.05 Å². The van der Waals surface area contributed by atoms with Crippen molar-refractivity contribution in [1.29, 1.82) is 0 Å². The van der Waals surface area contributed by atoms with Crippen LogP contribution >= 0.6 is 12.4 Å². The Bertz CT molecular complexity index is 593. The molecule has 1 N–H and O–H groups in total. The number of likely N-dealkylation sites (N-methyl/N-ethyl adjacent to an activating group) is 1. The van der Waals surface area contributed by atoms with Gasteiger partial charge in [-0.05, 0) is 57.6 Å². The maximum Gasteiger partial charge on any atom is 0.257 e. The molecule has 0 radical (unpaired) electrons. The molecule has 0 aliphatic carbocycles. The standard InChI is InChI=1S/C17H24N4O.ClH/c1-13(18-2)11-16-19-17(22-20-16)15-7-5-14(6-8-15)12-21-9-3-4-10-21;/h5-8,13,18H,3-4,9-12H2,1-2H3;1H. The molecule has 1 fully saturated rings. The smallest absolute Gasteiger partial charge is 0.257 e. The first-order chi connectivity index (χ1) is 10.7. The summed E-state index contributed by atoms with van der Waals surface area (Å²) in [7, 11) is 1.94. The molecule has 0 bridgehead atoms.